The summed E-state index contributed by atoms with van der Waals surface area (Å²) in [5, 5.41) is 18.5. The van der Waals surface area contributed by atoms with Crippen molar-refractivity contribution < 1.29 is 5.11 Å². The Morgan fingerprint density at radius 2 is 2.44 bits per heavy atom. The van der Waals surface area contributed by atoms with Gasteiger partial charge in [0, 0.05) is 6.54 Å². The van der Waals surface area contributed by atoms with Crippen LogP contribution in [0.2, 0.25) is 5.02 Å². The maximum atomic E-state index is 11.2. The van der Waals surface area contributed by atoms with Crippen molar-refractivity contribution in [2.75, 3.05) is 11.9 Å². The van der Waals surface area contributed by atoms with E-state index in [4.69, 9.17) is 11.6 Å². The summed E-state index contributed by atoms with van der Waals surface area (Å²) in [6, 6.07) is 0. The molecule has 1 fully saturated rings. The van der Waals surface area contributed by atoms with Crippen LogP contribution in [0.4, 0.5) is 5.69 Å². The lowest BCUT2D eigenvalue weighted by atomic mass is 10.1. The Kier molecular flexibility index (Phi) is 3.46. The Labute approximate surface area is 97.8 Å². The third-order valence-corrected chi connectivity index (χ3v) is 3.27. The van der Waals surface area contributed by atoms with E-state index in [2.05, 4.69) is 15.5 Å². The Hall–Kier alpha value is -1.07. The molecule has 3 N–H and O–H groups in total. The fourth-order valence-corrected chi connectivity index (χ4v) is 2.15. The molecule has 0 radical (unpaired) electrons. The van der Waals surface area contributed by atoms with Crippen LogP contribution in [0.3, 0.4) is 0 Å². The lowest BCUT2D eigenvalue weighted by Crippen LogP contribution is -2.16. The summed E-state index contributed by atoms with van der Waals surface area (Å²) < 4.78 is 0. The molecule has 1 aromatic rings. The number of nitrogens with one attached hydrogen (secondary N) is 2. The first kappa shape index (κ1) is 11.4. The number of H-pyrrole nitrogens is 1. The Balaban J connectivity index is 1.95. The van der Waals surface area contributed by atoms with Crippen molar-refractivity contribution >= 4 is 17.3 Å². The van der Waals surface area contributed by atoms with Crippen LogP contribution in [-0.4, -0.2) is 28.0 Å². The Morgan fingerprint density at radius 1 is 1.62 bits per heavy atom. The van der Waals surface area contributed by atoms with Crippen LogP contribution in [0.25, 0.3) is 0 Å². The molecule has 2 rings (SSSR count). The highest BCUT2D eigenvalue weighted by Crippen LogP contribution is 2.26. The van der Waals surface area contributed by atoms with Gasteiger partial charge in [-0.05, 0) is 25.2 Å². The van der Waals surface area contributed by atoms with E-state index in [9.17, 15) is 9.90 Å². The highest BCUT2D eigenvalue weighted by atomic mass is 35.5. The Bertz CT molecular complexity index is 421. The zero-order chi connectivity index (χ0) is 11.5. The molecule has 1 aliphatic rings. The SMILES string of the molecule is O=c1[nH]ncc(NCC2CCC(O)C2)c1Cl. The van der Waals surface area contributed by atoms with Crippen molar-refractivity contribution in [1.82, 2.24) is 10.2 Å². The molecule has 1 saturated carbocycles. The van der Waals surface area contributed by atoms with Crippen LogP contribution in [0.1, 0.15) is 19.3 Å². The largest absolute Gasteiger partial charge is 0.393 e. The quantitative estimate of drug-likeness (QED) is 0.740. The van der Waals surface area contributed by atoms with Crippen LogP contribution < -0.4 is 10.9 Å². The molecule has 88 valence electrons. The predicted octanol–water partition coefficient (Wildman–Crippen LogP) is 0.996. The second-order valence-electron chi connectivity index (χ2n) is 4.14. The van der Waals surface area contributed by atoms with E-state index >= 15 is 0 Å². The van der Waals surface area contributed by atoms with E-state index in [0.717, 1.165) is 19.3 Å². The molecule has 1 aromatic heterocycles. The summed E-state index contributed by atoms with van der Waals surface area (Å²) in [5.74, 6) is 0.436. The summed E-state index contributed by atoms with van der Waals surface area (Å²) in [6.07, 6.45) is 3.98. The highest BCUT2D eigenvalue weighted by Gasteiger charge is 2.22. The first-order chi connectivity index (χ1) is 7.66. The normalized spacial score (nSPS) is 24.6. The standard InChI is InChI=1S/C10H14ClN3O2/c11-9-8(5-13-14-10(9)16)12-4-6-1-2-7(15)3-6/h5-7,15H,1-4H2,(H2,12,14,16). The van der Waals surface area contributed by atoms with Crippen molar-refractivity contribution in [3.05, 3.63) is 21.6 Å². The van der Waals surface area contributed by atoms with Crippen molar-refractivity contribution in [2.45, 2.75) is 25.4 Å². The molecule has 16 heavy (non-hydrogen) atoms. The predicted molar refractivity (Wildman–Crippen MR) is 61.7 cm³/mol. The molecule has 2 unspecified atom stereocenters. The summed E-state index contributed by atoms with van der Waals surface area (Å²) in [4.78, 5) is 11.2. The van der Waals surface area contributed by atoms with E-state index in [1.54, 1.807) is 0 Å². The number of rotatable bonds is 3. The van der Waals surface area contributed by atoms with Crippen molar-refractivity contribution in [2.24, 2.45) is 5.92 Å². The molecule has 0 amide bonds. The molecule has 1 aliphatic carbocycles. The van der Waals surface area contributed by atoms with Gasteiger partial charge >= 0.3 is 0 Å². The molecule has 0 saturated heterocycles. The van der Waals surface area contributed by atoms with E-state index in [-0.39, 0.29) is 11.1 Å². The van der Waals surface area contributed by atoms with Gasteiger partial charge in [-0.3, -0.25) is 4.79 Å². The number of halogens is 1. The second-order valence-corrected chi connectivity index (χ2v) is 4.52. The molecule has 0 aromatic carbocycles. The first-order valence-electron chi connectivity index (χ1n) is 5.32. The first-order valence-corrected chi connectivity index (χ1v) is 5.69. The van der Waals surface area contributed by atoms with Crippen molar-refractivity contribution in [1.29, 1.82) is 0 Å². The number of hydrogen-bond donors (Lipinski definition) is 3. The van der Waals surface area contributed by atoms with Crippen molar-refractivity contribution in [3.8, 4) is 0 Å². The van der Waals surface area contributed by atoms with Gasteiger partial charge < -0.3 is 10.4 Å². The maximum absolute atomic E-state index is 11.2. The van der Waals surface area contributed by atoms with Gasteiger partial charge in [-0.25, -0.2) is 5.10 Å². The molecule has 0 bridgehead atoms. The third-order valence-electron chi connectivity index (χ3n) is 2.89. The smallest absolute Gasteiger partial charge is 0.285 e. The van der Waals surface area contributed by atoms with E-state index in [1.807, 2.05) is 0 Å². The third kappa shape index (κ3) is 2.54. The minimum atomic E-state index is -0.391. The number of aromatic nitrogens is 2. The van der Waals surface area contributed by atoms with Crippen LogP contribution in [0, 0.1) is 5.92 Å². The summed E-state index contributed by atoms with van der Waals surface area (Å²) in [5.41, 5.74) is 0.157. The fraction of sp³-hybridized carbons (Fsp3) is 0.600. The maximum Gasteiger partial charge on any atom is 0.285 e. The number of hydrogen-bond acceptors (Lipinski definition) is 4. The van der Waals surface area contributed by atoms with Crippen LogP contribution in [0.5, 0.6) is 0 Å². The summed E-state index contributed by atoms with van der Waals surface area (Å²) in [7, 11) is 0. The number of aliphatic hydroxyl groups is 1. The lowest BCUT2D eigenvalue weighted by Gasteiger charge is -2.12. The van der Waals surface area contributed by atoms with Gasteiger partial charge in [-0.15, -0.1) is 0 Å². The average Bonchev–Trinajstić information content (AvgIpc) is 2.67. The zero-order valence-corrected chi connectivity index (χ0v) is 9.50. The van der Waals surface area contributed by atoms with Gasteiger partial charge in [0.15, 0.2) is 0 Å². The fourth-order valence-electron chi connectivity index (χ4n) is 2.00. The van der Waals surface area contributed by atoms with Gasteiger partial charge in [0.2, 0.25) is 0 Å². The average molecular weight is 244 g/mol. The molecule has 0 aliphatic heterocycles. The van der Waals surface area contributed by atoms with Gasteiger partial charge in [0.05, 0.1) is 18.0 Å². The van der Waals surface area contributed by atoms with Crippen LogP contribution >= 0.6 is 11.6 Å². The number of aliphatic hydroxyl groups excluding tert-OH is 1. The molecule has 2 atom stereocenters. The van der Waals surface area contributed by atoms with Gasteiger partial charge in [-0.2, -0.15) is 5.10 Å². The summed E-state index contributed by atoms with van der Waals surface area (Å²) >= 11 is 5.81. The molecule has 5 nitrogen and oxygen atoms in total. The van der Waals surface area contributed by atoms with Gasteiger partial charge in [0.1, 0.15) is 5.02 Å². The van der Waals surface area contributed by atoms with E-state index in [0.29, 0.717) is 18.2 Å². The second kappa shape index (κ2) is 4.84. The minimum absolute atomic E-state index is 0.133. The van der Waals surface area contributed by atoms with Crippen molar-refractivity contribution in [3.63, 3.8) is 0 Å². The molecule has 0 spiro atoms. The molecular weight excluding hydrogens is 230 g/mol. The van der Waals surface area contributed by atoms with Crippen LogP contribution in [-0.2, 0) is 0 Å². The van der Waals surface area contributed by atoms with E-state index < -0.39 is 5.56 Å². The molecule has 1 heterocycles. The zero-order valence-electron chi connectivity index (χ0n) is 8.74. The van der Waals surface area contributed by atoms with Crippen LogP contribution in [0.15, 0.2) is 11.0 Å². The number of aromatic amines is 1. The minimum Gasteiger partial charge on any atom is -0.393 e. The molecule has 6 heteroatoms. The number of nitrogens with zero attached hydrogens (tertiary/aromatic N) is 1. The summed E-state index contributed by atoms with van der Waals surface area (Å²) in [6.45, 7) is 0.710. The highest BCUT2D eigenvalue weighted by molar-refractivity contribution is 6.32. The topological polar surface area (TPSA) is 78.0 Å². The van der Waals surface area contributed by atoms with E-state index in [1.165, 1.54) is 6.20 Å². The monoisotopic (exact) mass is 243 g/mol. The van der Waals surface area contributed by atoms with Gasteiger partial charge in [0.25, 0.3) is 5.56 Å². The van der Waals surface area contributed by atoms with Gasteiger partial charge in [-0.1, -0.05) is 11.6 Å². The Morgan fingerprint density at radius 3 is 3.12 bits per heavy atom. The number of anilines is 1. The molecular formula is C10H14ClN3O2. The lowest BCUT2D eigenvalue weighted by molar-refractivity contribution is 0.178.